The summed E-state index contributed by atoms with van der Waals surface area (Å²) in [6.45, 7) is 6.73. The highest BCUT2D eigenvalue weighted by Gasteiger charge is 2.38. The van der Waals surface area contributed by atoms with E-state index in [0.717, 1.165) is 11.1 Å². The molecule has 4 rings (SSSR count). The van der Waals surface area contributed by atoms with Crippen LogP contribution in [0, 0.1) is 5.92 Å². The van der Waals surface area contributed by atoms with E-state index in [1.54, 1.807) is 37.1 Å². The van der Waals surface area contributed by atoms with Crippen molar-refractivity contribution in [2.75, 3.05) is 59.6 Å². The van der Waals surface area contributed by atoms with E-state index in [1.807, 2.05) is 49.4 Å². The Bertz CT molecular complexity index is 1250. The third-order valence-corrected chi connectivity index (χ3v) is 9.32. The minimum Gasteiger partial charge on any atom is -0.487 e. The molecule has 2 aliphatic rings. The first-order chi connectivity index (χ1) is 18.7. The standard InChI is InChI=1S/C29H39N3O6S/c1-22-18-32(23(2)21-33)39(35,36)28-12-11-25(10-9-24-7-5-4-6-8-24)17-26(28)38-27(22)19-30(3)29(34)20-31-13-15-37-16-14-31/h4-12,17,22-23,27,33H,13-16,18-21H2,1-3H3/b10-9+/t22-,23+,27+/m1/s1. The van der Waals surface area contributed by atoms with Crippen LogP contribution >= 0.6 is 0 Å². The van der Waals surface area contributed by atoms with Crippen molar-refractivity contribution in [1.82, 2.24) is 14.1 Å². The number of fused-ring (bicyclic) bond motifs is 1. The van der Waals surface area contributed by atoms with Crippen molar-refractivity contribution >= 4 is 28.1 Å². The number of ether oxygens (including phenoxy) is 2. The summed E-state index contributed by atoms with van der Waals surface area (Å²) in [5.41, 5.74) is 1.81. The monoisotopic (exact) mass is 557 g/mol. The molecule has 3 atom stereocenters. The van der Waals surface area contributed by atoms with Crippen LogP contribution in [0.25, 0.3) is 12.2 Å². The zero-order valence-electron chi connectivity index (χ0n) is 22.9. The number of nitrogens with zero attached hydrogens (tertiary/aromatic N) is 3. The van der Waals surface area contributed by atoms with E-state index < -0.39 is 22.2 Å². The lowest BCUT2D eigenvalue weighted by Gasteiger charge is -2.38. The highest BCUT2D eigenvalue weighted by Crippen LogP contribution is 2.34. The van der Waals surface area contributed by atoms with Gasteiger partial charge in [-0.3, -0.25) is 9.69 Å². The van der Waals surface area contributed by atoms with Crippen LogP contribution in [0.1, 0.15) is 25.0 Å². The van der Waals surface area contributed by atoms with E-state index in [4.69, 9.17) is 9.47 Å². The van der Waals surface area contributed by atoms with E-state index in [0.29, 0.717) is 39.4 Å². The smallest absolute Gasteiger partial charge is 0.247 e. The summed E-state index contributed by atoms with van der Waals surface area (Å²) in [5.74, 6) is -0.0299. The largest absolute Gasteiger partial charge is 0.487 e. The fourth-order valence-corrected chi connectivity index (χ4v) is 6.59. The Kier molecular flexibility index (Phi) is 9.79. The molecule has 2 heterocycles. The number of benzene rings is 2. The van der Waals surface area contributed by atoms with Gasteiger partial charge in [0.15, 0.2) is 0 Å². The van der Waals surface area contributed by atoms with Gasteiger partial charge in [0.05, 0.1) is 32.9 Å². The number of aliphatic hydroxyl groups is 1. The number of amides is 1. The number of likely N-dealkylation sites (N-methyl/N-ethyl adjacent to an activating group) is 1. The van der Waals surface area contributed by atoms with Gasteiger partial charge >= 0.3 is 0 Å². The topological polar surface area (TPSA) is 99.6 Å². The van der Waals surface area contributed by atoms with E-state index in [9.17, 15) is 18.3 Å². The Morgan fingerprint density at radius 2 is 1.82 bits per heavy atom. The lowest BCUT2D eigenvalue weighted by Crippen LogP contribution is -2.51. The molecule has 0 saturated carbocycles. The van der Waals surface area contributed by atoms with Gasteiger partial charge in [-0.25, -0.2) is 8.42 Å². The minimum atomic E-state index is -3.93. The van der Waals surface area contributed by atoms with Crippen LogP contribution in [0.4, 0.5) is 0 Å². The molecule has 39 heavy (non-hydrogen) atoms. The van der Waals surface area contributed by atoms with E-state index >= 15 is 0 Å². The van der Waals surface area contributed by atoms with Crippen molar-refractivity contribution in [2.45, 2.75) is 30.9 Å². The number of carbonyl (C=O) groups is 1. The number of aliphatic hydroxyl groups excluding tert-OH is 1. The zero-order valence-corrected chi connectivity index (χ0v) is 23.7. The van der Waals surface area contributed by atoms with Crippen LogP contribution in [-0.2, 0) is 19.6 Å². The number of morpholine rings is 1. The minimum absolute atomic E-state index is 0.0252. The van der Waals surface area contributed by atoms with Gasteiger partial charge in [-0.1, -0.05) is 55.5 Å². The van der Waals surface area contributed by atoms with Crippen LogP contribution in [0.5, 0.6) is 5.75 Å². The first kappa shape index (κ1) is 29.2. The molecule has 0 aliphatic carbocycles. The second-order valence-electron chi connectivity index (χ2n) is 10.4. The van der Waals surface area contributed by atoms with Crippen molar-refractivity contribution in [3.05, 3.63) is 59.7 Å². The highest BCUT2D eigenvalue weighted by molar-refractivity contribution is 7.89. The third-order valence-electron chi connectivity index (χ3n) is 7.30. The summed E-state index contributed by atoms with van der Waals surface area (Å²) in [7, 11) is -2.18. The molecule has 0 spiro atoms. The molecule has 10 heteroatoms. The van der Waals surface area contributed by atoms with Crippen molar-refractivity contribution in [3.8, 4) is 5.75 Å². The SMILES string of the molecule is C[C@@H]1CN([C@@H](C)CO)S(=O)(=O)c2ccc(/C=C/c3ccccc3)cc2O[C@H]1CN(C)C(=O)CN1CCOCC1. The number of rotatable bonds is 8. The van der Waals surface area contributed by atoms with Crippen molar-refractivity contribution in [2.24, 2.45) is 5.92 Å². The molecular formula is C29H39N3O6S. The van der Waals surface area contributed by atoms with E-state index in [2.05, 4.69) is 4.90 Å². The lowest BCUT2D eigenvalue weighted by atomic mass is 10.0. The van der Waals surface area contributed by atoms with Gasteiger partial charge in [-0.15, -0.1) is 0 Å². The van der Waals surface area contributed by atoms with Gasteiger partial charge in [0.2, 0.25) is 15.9 Å². The summed E-state index contributed by atoms with van der Waals surface area (Å²) < 4.78 is 40.6. The van der Waals surface area contributed by atoms with Crippen LogP contribution in [0.15, 0.2) is 53.4 Å². The predicted molar refractivity (Wildman–Crippen MR) is 151 cm³/mol. The third kappa shape index (κ3) is 7.26. The Hall–Kier alpha value is -2.76. The Morgan fingerprint density at radius 1 is 1.13 bits per heavy atom. The molecule has 9 nitrogen and oxygen atoms in total. The summed E-state index contributed by atoms with van der Waals surface area (Å²) >= 11 is 0. The normalized spacial score (nSPS) is 22.9. The molecule has 0 radical (unpaired) electrons. The summed E-state index contributed by atoms with van der Waals surface area (Å²) in [6.07, 6.45) is 3.41. The Morgan fingerprint density at radius 3 is 2.51 bits per heavy atom. The molecule has 0 unspecified atom stereocenters. The zero-order chi connectivity index (χ0) is 28.0. The maximum absolute atomic E-state index is 13.7. The summed E-state index contributed by atoms with van der Waals surface area (Å²) in [6, 6.07) is 14.3. The van der Waals surface area contributed by atoms with Crippen molar-refractivity contribution in [1.29, 1.82) is 0 Å². The summed E-state index contributed by atoms with van der Waals surface area (Å²) in [4.78, 5) is 16.8. The molecule has 1 N–H and O–H groups in total. The van der Waals surface area contributed by atoms with Crippen molar-refractivity contribution in [3.63, 3.8) is 0 Å². The molecule has 2 aromatic rings. The number of hydrogen-bond acceptors (Lipinski definition) is 7. The van der Waals surface area contributed by atoms with Gasteiger partial charge in [0.25, 0.3) is 0 Å². The molecule has 2 aliphatic heterocycles. The van der Waals surface area contributed by atoms with Crippen molar-refractivity contribution < 1.29 is 27.8 Å². The molecule has 1 fully saturated rings. The fraction of sp³-hybridized carbons (Fsp3) is 0.483. The van der Waals surface area contributed by atoms with Gasteiger partial charge in [0, 0.05) is 38.6 Å². The lowest BCUT2D eigenvalue weighted by molar-refractivity contribution is -0.133. The van der Waals surface area contributed by atoms with E-state index in [1.165, 1.54) is 4.31 Å². The first-order valence-corrected chi connectivity index (χ1v) is 14.8. The fourth-order valence-electron chi connectivity index (χ4n) is 4.76. The average molecular weight is 558 g/mol. The number of hydrogen-bond donors (Lipinski definition) is 1. The van der Waals surface area contributed by atoms with Gasteiger partial charge in [0.1, 0.15) is 16.7 Å². The predicted octanol–water partition coefficient (Wildman–Crippen LogP) is 2.42. The van der Waals surface area contributed by atoms with E-state index in [-0.39, 0.29) is 35.6 Å². The second-order valence-corrected chi connectivity index (χ2v) is 12.2. The Labute approximate surface area is 231 Å². The quantitative estimate of drug-likeness (QED) is 0.498. The molecular weight excluding hydrogens is 518 g/mol. The number of carbonyl (C=O) groups excluding carboxylic acids is 1. The van der Waals surface area contributed by atoms with Crippen LogP contribution in [-0.4, -0.2) is 105 Å². The van der Waals surface area contributed by atoms with Gasteiger partial charge in [-0.2, -0.15) is 4.31 Å². The molecule has 1 saturated heterocycles. The molecule has 0 bridgehead atoms. The van der Waals surface area contributed by atoms with Crippen LogP contribution in [0.2, 0.25) is 0 Å². The Balaban J connectivity index is 1.62. The average Bonchev–Trinajstić information content (AvgIpc) is 2.94. The molecule has 0 aromatic heterocycles. The summed E-state index contributed by atoms with van der Waals surface area (Å²) in [5, 5.41) is 9.86. The molecule has 2 aromatic carbocycles. The molecule has 1 amide bonds. The van der Waals surface area contributed by atoms with Gasteiger partial charge in [-0.05, 0) is 30.2 Å². The second kappa shape index (κ2) is 13.1. The van der Waals surface area contributed by atoms with Crippen LogP contribution in [0.3, 0.4) is 0 Å². The highest BCUT2D eigenvalue weighted by atomic mass is 32.2. The maximum Gasteiger partial charge on any atom is 0.247 e. The van der Waals surface area contributed by atoms with Crippen LogP contribution < -0.4 is 4.74 Å². The molecule has 212 valence electrons. The number of sulfonamides is 1. The van der Waals surface area contributed by atoms with Gasteiger partial charge < -0.3 is 19.5 Å². The first-order valence-electron chi connectivity index (χ1n) is 13.4. The maximum atomic E-state index is 13.7.